The fraction of sp³-hybridized carbons (Fsp3) is 0.133. The summed E-state index contributed by atoms with van der Waals surface area (Å²) in [4.78, 5) is 0. The monoisotopic (exact) mass is 412 g/mol. The van der Waals surface area contributed by atoms with E-state index in [1.807, 2.05) is 18.2 Å². The summed E-state index contributed by atoms with van der Waals surface area (Å²) in [5.41, 5.74) is 3.40. The molecule has 2 nitrogen and oxygen atoms in total. The predicted molar refractivity (Wildman–Crippen MR) is 96.1 cm³/mol. The molecule has 2 N–H and O–H groups in total. The summed E-state index contributed by atoms with van der Waals surface area (Å²) in [6.45, 7) is 2.79. The second-order valence-corrected chi connectivity index (χ2v) is 6.60. The van der Waals surface area contributed by atoms with Crippen molar-refractivity contribution < 1.29 is 0 Å². The highest BCUT2D eigenvalue weighted by molar-refractivity contribution is 9.11. The van der Waals surface area contributed by atoms with Crippen molar-refractivity contribution in [3.05, 3.63) is 62.5 Å². The van der Waals surface area contributed by atoms with Gasteiger partial charge in [-0.05, 0) is 58.8 Å². The van der Waals surface area contributed by atoms with Gasteiger partial charge in [0.25, 0.3) is 0 Å². The van der Waals surface area contributed by atoms with E-state index in [0.29, 0.717) is 11.7 Å². The fourth-order valence-electron chi connectivity index (χ4n) is 1.65. The van der Waals surface area contributed by atoms with Gasteiger partial charge in [0.05, 0.1) is 5.69 Å². The van der Waals surface area contributed by atoms with E-state index in [-0.39, 0.29) is 0 Å². The molecule has 0 aliphatic heterocycles. The van der Waals surface area contributed by atoms with Crippen molar-refractivity contribution in [1.82, 2.24) is 5.32 Å². The molecule has 0 amide bonds. The van der Waals surface area contributed by atoms with Crippen molar-refractivity contribution >= 4 is 54.9 Å². The van der Waals surface area contributed by atoms with Gasteiger partial charge in [0, 0.05) is 15.5 Å². The Bertz CT molecular complexity index is 612. The quantitative estimate of drug-likeness (QED) is 0.691. The fourth-order valence-corrected chi connectivity index (χ4v) is 2.97. The molecule has 104 valence electrons. The number of anilines is 1. The molecule has 0 heterocycles. The molecular formula is C15H14Br2N2S. The molecule has 2 rings (SSSR count). The summed E-state index contributed by atoms with van der Waals surface area (Å²) in [5, 5.41) is 6.97. The first kappa shape index (κ1) is 15.5. The predicted octanol–water partition coefficient (Wildman–Crippen LogP) is 5.01. The topological polar surface area (TPSA) is 24.1 Å². The van der Waals surface area contributed by atoms with Gasteiger partial charge in [0.1, 0.15) is 0 Å². The van der Waals surface area contributed by atoms with Gasteiger partial charge in [0.15, 0.2) is 5.11 Å². The summed E-state index contributed by atoms with van der Waals surface area (Å²) in [5.74, 6) is 0. The Morgan fingerprint density at radius 1 is 1.10 bits per heavy atom. The first-order chi connectivity index (χ1) is 9.54. The van der Waals surface area contributed by atoms with Crippen molar-refractivity contribution in [2.45, 2.75) is 13.5 Å². The Morgan fingerprint density at radius 3 is 2.45 bits per heavy atom. The van der Waals surface area contributed by atoms with Crippen molar-refractivity contribution in [3.8, 4) is 0 Å². The number of nitrogens with one attached hydrogen (secondary N) is 2. The van der Waals surface area contributed by atoms with Crippen LogP contribution in [0.3, 0.4) is 0 Å². The molecule has 0 aliphatic carbocycles. The third-order valence-electron chi connectivity index (χ3n) is 2.75. The summed E-state index contributed by atoms with van der Waals surface area (Å²) >= 11 is 12.2. The number of hydrogen-bond acceptors (Lipinski definition) is 1. The maximum atomic E-state index is 5.30. The van der Waals surface area contributed by atoms with Crippen molar-refractivity contribution in [2.24, 2.45) is 0 Å². The highest BCUT2D eigenvalue weighted by Gasteiger charge is 2.03. The van der Waals surface area contributed by atoms with Crippen LogP contribution >= 0.6 is 44.1 Å². The Labute approximate surface area is 141 Å². The number of aryl methyl sites for hydroxylation is 1. The second-order valence-electron chi connectivity index (χ2n) is 4.42. The number of thiocarbonyl (C=S) groups is 1. The molecule has 0 radical (unpaired) electrons. The van der Waals surface area contributed by atoms with E-state index in [0.717, 1.165) is 14.6 Å². The van der Waals surface area contributed by atoms with Crippen LogP contribution in [0.2, 0.25) is 0 Å². The number of halogens is 2. The SMILES string of the molecule is Cc1ccc(CNC(=S)Nc2ccc(Br)cc2Br)cc1. The molecule has 2 aromatic rings. The first-order valence-electron chi connectivity index (χ1n) is 6.10. The van der Waals surface area contributed by atoms with Crippen molar-refractivity contribution in [1.29, 1.82) is 0 Å². The molecule has 0 aromatic heterocycles. The van der Waals surface area contributed by atoms with Crippen LogP contribution in [0.5, 0.6) is 0 Å². The first-order valence-corrected chi connectivity index (χ1v) is 8.09. The Balaban J connectivity index is 1.90. The molecule has 0 fully saturated rings. The lowest BCUT2D eigenvalue weighted by Gasteiger charge is -2.12. The van der Waals surface area contributed by atoms with E-state index < -0.39 is 0 Å². The van der Waals surface area contributed by atoms with Crippen molar-refractivity contribution in [3.63, 3.8) is 0 Å². The lowest BCUT2D eigenvalue weighted by atomic mass is 10.1. The van der Waals surface area contributed by atoms with Gasteiger partial charge in [-0.1, -0.05) is 45.8 Å². The molecule has 0 bridgehead atoms. The van der Waals surface area contributed by atoms with Crippen LogP contribution in [-0.4, -0.2) is 5.11 Å². The van der Waals surface area contributed by atoms with E-state index in [9.17, 15) is 0 Å². The second kappa shape index (κ2) is 7.20. The zero-order chi connectivity index (χ0) is 14.5. The molecule has 0 aliphatic rings. The lowest BCUT2D eigenvalue weighted by Crippen LogP contribution is -2.28. The third-order valence-corrected chi connectivity index (χ3v) is 4.15. The van der Waals surface area contributed by atoms with E-state index in [2.05, 4.69) is 73.7 Å². The van der Waals surface area contributed by atoms with Crippen LogP contribution in [0.15, 0.2) is 51.4 Å². The minimum Gasteiger partial charge on any atom is -0.358 e. The highest BCUT2D eigenvalue weighted by Crippen LogP contribution is 2.26. The van der Waals surface area contributed by atoms with Gasteiger partial charge in [-0.2, -0.15) is 0 Å². The Hall–Kier alpha value is -0.910. The number of rotatable bonds is 3. The standard InChI is InChI=1S/C15H14Br2N2S/c1-10-2-4-11(5-3-10)9-18-15(20)19-14-7-6-12(16)8-13(14)17/h2-8H,9H2,1H3,(H2,18,19,20). The highest BCUT2D eigenvalue weighted by atomic mass is 79.9. The zero-order valence-electron chi connectivity index (χ0n) is 10.9. The summed E-state index contributed by atoms with van der Waals surface area (Å²) in [6, 6.07) is 14.3. The number of hydrogen-bond donors (Lipinski definition) is 2. The minimum absolute atomic E-state index is 0.605. The largest absolute Gasteiger partial charge is 0.358 e. The Morgan fingerprint density at radius 2 is 1.80 bits per heavy atom. The average molecular weight is 414 g/mol. The lowest BCUT2D eigenvalue weighted by molar-refractivity contribution is 0.925. The van der Waals surface area contributed by atoms with Crippen LogP contribution < -0.4 is 10.6 Å². The van der Waals surface area contributed by atoms with E-state index in [1.54, 1.807) is 0 Å². The van der Waals surface area contributed by atoms with E-state index >= 15 is 0 Å². The third kappa shape index (κ3) is 4.58. The molecular weight excluding hydrogens is 400 g/mol. The minimum atomic E-state index is 0.605. The zero-order valence-corrected chi connectivity index (χ0v) is 14.9. The van der Waals surface area contributed by atoms with Crippen molar-refractivity contribution in [2.75, 3.05) is 5.32 Å². The molecule has 0 unspecified atom stereocenters. The Kier molecular flexibility index (Phi) is 5.57. The van der Waals surface area contributed by atoms with Crippen LogP contribution in [-0.2, 0) is 6.54 Å². The van der Waals surface area contributed by atoms with Crippen LogP contribution in [0, 0.1) is 6.92 Å². The van der Waals surface area contributed by atoms with Crippen LogP contribution in [0.1, 0.15) is 11.1 Å². The molecule has 0 spiro atoms. The maximum absolute atomic E-state index is 5.30. The summed E-state index contributed by atoms with van der Waals surface area (Å²) in [6.07, 6.45) is 0. The van der Waals surface area contributed by atoms with Crippen LogP contribution in [0.25, 0.3) is 0 Å². The molecule has 0 saturated heterocycles. The molecule has 0 saturated carbocycles. The molecule has 0 atom stereocenters. The van der Waals surface area contributed by atoms with Gasteiger partial charge in [0.2, 0.25) is 0 Å². The summed E-state index contributed by atoms with van der Waals surface area (Å²) in [7, 11) is 0. The molecule has 2 aromatic carbocycles. The smallest absolute Gasteiger partial charge is 0.171 e. The van der Waals surface area contributed by atoms with Gasteiger partial charge >= 0.3 is 0 Å². The van der Waals surface area contributed by atoms with Crippen LogP contribution in [0.4, 0.5) is 5.69 Å². The molecule has 5 heteroatoms. The summed E-state index contributed by atoms with van der Waals surface area (Å²) < 4.78 is 1.99. The normalized spacial score (nSPS) is 10.2. The number of benzene rings is 2. The van der Waals surface area contributed by atoms with Gasteiger partial charge < -0.3 is 10.6 Å². The average Bonchev–Trinajstić information content (AvgIpc) is 2.41. The van der Waals surface area contributed by atoms with E-state index in [4.69, 9.17) is 12.2 Å². The van der Waals surface area contributed by atoms with Gasteiger partial charge in [-0.25, -0.2) is 0 Å². The van der Waals surface area contributed by atoms with E-state index in [1.165, 1.54) is 11.1 Å². The maximum Gasteiger partial charge on any atom is 0.171 e. The van der Waals surface area contributed by atoms with Gasteiger partial charge in [-0.3, -0.25) is 0 Å². The van der Waals surface area contributed by atoms with Gasteiger partial charge in [-0.15, -0.1) is 0 Å². The molecule has 20 heavy (non-hydrogen) atoms.